The van der Waals surface area contributed by atoms with Crippen molar-refractivity contribution in [1.29, 1.82) is 0 Å². The second-order valence-electron chi connectivity index (χ2n) is 4.82. The third-order valence-corrected chi connectivity index (χ3v) is 4.03. The van der Waals surface area contributed by atoms with Gasteiger partial charge in [0.25, 0.3) is 0 Å². The molecule has 5 heteroatoms. The Balaban J connectivity index is 1.75. The first-order valence-corrected chi connectivity index (χ1v) is 8.53. The number of carbonyl (C=O) groups excluding carboxylic acids is 2. The SMILES string of the molecule is CCOC(=O)c1ccc(CSCC(=O)Nc2ccccc2)cc1. The van der Waals surface area contributed by atoms with E-state index in [4.69, 9.17) is 4.74 Å². The van der Waals surface area contributed by atoms with E-state index < -0.39 is 0 Å². The van der Waals surface area contributed by atoms with Gasteiger partial charge >= 0.3 is 5.97 Å². The largest absolute Gasteiger partial charge is 0.462 e. The van der Waals surface area contributed by atoms with Crippen molar-refractivity contribution in [2.75, 3.05) is 17.7 Å². The molecule has 0 unspecified atom stereocenters. The zero-order chi connectivity index (χ0) is 16.5. The molecule has 0 aromatic heterocycles. The first-order chi connectivity index (χ1) is 11.2. The number of nitrogens with one attached hydrogen (secondary N) is 1. The van der Waals surface area contributed by atoms with Crippen molar-refractivity contribution in [3.8, 4) is 0 Å². The van der Waals surface area contributed by atoms with Gasteiger partial charge in [-0.1, -0.05) is 30.3 Å². The van der Waals surface area contributed by atoms with E-state index in [-0.39, 0.29) is 11.9 Å². The van der Waals surface area contributed by atoms with Crippen molar-refractivity contribution in [2.45, 2.75) is 12.7 Å². The van der Waals surface area contributed by atoms with Crippen LogP contribution in [0.25, 0.3) is 0 Å². The minimum absolute atomic E-state index is 0.0238. The van der Waals surface area contributed by atoms with Gasteiger partial charge in [-0.15, -0.1) is 11.8 Å². The second-order valence-corrected chi connectivity index (χ2v) is 5.81. The Bertz CT molecular complexity index is 641. The maximum atomic E-state index is 11.8. The number of ether oxygens (including phenoxy) is 1. The molecule has 0 radical (unpaired) electrons. The molecule has 0 fully saturated rings. The number of amides is 1. The summed E-state index contributed by atoms with van der Waals surface area (Å²) in [6.45, 7) is 2.15. The molecule has 0 bridgehead atoms. The Morgan fingerprint density at radius 3 is 2.39 bits per heavy atom. The lowest BCUT2D eigenvalue weighted by Gasteiger charge is -2.06. The average molecular weight is 329 g/mol. The molecule has 4 nitrogen and oxygen atoms in total. The lowest BCUT2D eigenvalue weighted by atomic mass is 10.1. The summed E-state index contributed by atoms with van der Waals surface area (Å²) >= 11 is 1.53. The number of esters is 1. The van der Waals surface area contributed by atoms with Gasteiger partial charge < -0.3 is 10.1 Å². The Hall–Kier alpha value is -2.27. The Kier molecular flexibility index (Phi) is 6.69. The van der Waals surface area contributed by atoms with Crippen LogP contribution in [0.5, 0.6) is 0 Å². The van der Waals surface area contributed by atoms with E-state index in [1.807, 2.05) is 42.5 Å². The Morgan fingerprint density at radius 1 is 1.04 bits per heavy atom. The predicted octanol–water partition coefficient (Wildman–Crippen LogP) is 3.74. The zero-order valence-corrected chi connectivity index (χ0v) is 13.8. The van der Waals surface area contributed by atoms with Crippen molar-refractivity contribution < 1.29 is 14.3 Å². The van der Waals surface area contributed by atoms with Gasteiger partial charge in [-0.3, -0.25) is 4.79 Å². The molecule has 1 amide bonds. The van der Waals surface area contributed by atoms with Crippen molar-refractivity contribution in [2.24, 2.45) is 0 Å². The van der Waals surface area contributed by atoms with Gasteiger partial charge in [0.2, 0.25) is 5.91 Å². The van der Waals surface area contributed by atoms with Crippen LogP contribution < -0.4 is 5.32 Å². The second kappa shape index (κ2) is 9.00. The van der Waals surface area contributed by atoms with E-state index >= 15 is 0 Å². The van der Waals surface area contributed by atoms with E-state index in [1.54, 1.807) is 19.1 Å². The first-order valence-electron chi connectivity index (χ1n) is 7.37. The van der Waals surface area contributed by atoms with Crippen molar-refractivity contribution in [1.82, 2.24) is 0 Å². The molecule has 0 atom stereocenters. The summed E-state index contributed by atoms with van der Waals surface area (Å²) in [5, 5.41) is 2.85. The van der Waals surface area contributed by atoms with Crippen molar-refractivity contribution >= 4 is 29.3 Å². The first kappa shape index (κ1) is 17.1. The molecule has 2 rings (SSSR count). The number of benzene rings is 2. The normalized spacial score (nSPS) is 10.1. The summed E-state index contributed by atoms with van der Waals surface area (Å²) in [5.41, 5.74) is 2.41. The molecular formula is C18H19NO3S. The summed E-state index contributed by atoms with van der Waals surface area (Å²) in [7, 11) is 0. The molecule has 0 spiro atoms. The molecule has 23 heavy (non-hydrogen) atoms. The van der Waals surface area contributed by atoms with Crippen molar-refractivity contribution in [3.63, 3.8) is 0 Å². The number of hydrogen-bond acceptors (Lipinski definition) is 4. The number of para-hydroxylation sites is 1. The van der Waals surface area contributed by atoms with Gasteiger partial charge in [-0.2, -0.15) is 0 Å². The van der Waals surface area contributed by atoms with E-state index in [2.05, 4.69) is 5.32 Å². The van der Waals surface area contributed by atoms with E-state index in [0.29, 0.717) is 23.7 Å². The topological polar surface area (TPSA) is 55.4 Å². The predicted molar refractivity (Wildman–Crippen MR) is 93.6 cm³/mol. The minimum atomic E-state index is -0.311. The monoisotopic (exact) mass is 329 g/mol. The van der Waals surface area contributed by atoms with Gasteiger partial charge in [-0.25, -0.2) is 4.79 Å². The molecule has 0 saturated heterocycles. The number of thioether (sulfide) groups is 1. The average Bonchev–Trinajstić information content (AvgIpc) is 2.56. The molecule has 2 aromatic carbocycles. The highest BCUT2D eigenvalue weighted by Crippen LogP contribution is 2.14. The van der Waals surface area contributed by atoms with Gasteiger partial charge in [0, 0.05) is 11.4 Å². The standard InChI is InChI=1S/C18H19NO3S/c1-2-22-18(21)15-10-8-14(9-11-15)12-23-13-17(20)19-16-6-4-3-5-7-16/h3-11H,2,12-13H2,1H3,(H,19,20). The number of anilines is 1. The van der Waals surface area contributed by atoms with Gasteiger partial charge in [0.1, 0.15) is 0 Å². The lowest BCUT2D eigenvalue weighted by molar-refractivity contribution is -0.113. The fraction of sp³-hybridized carbons (Fsp3) is 0.222. The molecular weight excluding hydrogens is 310 g/mol. The molecule has 0 aliphatic heterocycles. The molecule has 2 aromatic rings. The number of carbonyl (C=O) groups is 2. The van der Waals surface area contributed by atoms with Crippen LogP contribution in [0, 0.1) is 0 Å². The summed E-state index contributed by atoms with van der Waals surface area (Å²) < 4.78 is 4.94. The summed E-state index contributed by atoms with van der Waals surface area (Å²) in [4.78, 5) is 23.4. The summed E-state index contributed by atoms with van der Waals surface area (Å²) in [6.07, 6.45) is 0. The van der Waals surface area contributed by atoms with E-state index in [0.717, 1.165) is 11.3 Å². The Labute approximate surface area is 140 Å². The van der Waals surface area contributed by atoms with Crippen LogP contribution in [0.2, 0.25) is 0 Å². The maximum Gasteiger partial charge on any atom is 0.338 e. The van der Waals surface area contributed by atoms with Gasteiger partial charge in [0.05, 0.1) is 17.9 Å². The summed E-state index contributed by atoms with van der Waals surface area (Å²) in [5.74, 6) is 0.762. The van der Waals surface area contributed by atoms with Gasteiger partial charge in [-0.05, 0) is 36.8 Å². The van der Waals surface area contributed by atoms with Crippen LogP contribution in [-0.4, -0.2) is 24.2 Å². The molecule has 0 heterocycles. The quantitative estimate of drug-likeness (QED) is 0.786. The molecule has 0 aliphatic rings. The smallest absolute Gasteiger partial charge is 0.338 e. The molecule has 0 aliphatic carbocycles. The van der Waals surface area contributed by atoms with E-state index in [9.17, 15) is 9.59 Å². The Morgan fingerprint density at radius 2 is 1.74 bits per heavy atom. The van der Waals surface area contributed by atoms with E-state index in [1.165, 1.54) is 11.8 Å². The van der Waals surface area contributed by atoms with Crippen LogP contribution >= 0.6 is 11.8 Å². The fourth-order valence-corrected chi connectivity index (χ4v) is 2.72. The maximum absolute atomic E-state index is 11.8. The van der Waals surface area contributed by atoms with Gasteiger partial charge in [0.15, 0.2) is 0 Å². The zero-order valence-electron chi connectivity index (χ0n) is 13.0. The highest BCUT2D eigenvalue weighted by Gasteiger charge is 2.06. The van der Waals surface area contributed by atoms with Crippen molar-refractivity contribution in [3.05, 3.63) is 65.7 Å². The molecule has 0 saturated carbocycles. The number of hydrogen-bond donors (Lipinski definition) is 1. The van der Waals surface area contributed by atoms with Crippen LogP contribution in [0.3, 0.4) is 0 Å². The van der Waals surface area contributed by atoms with Crippen LogP contribution in [0.4, 0.5) is 5.69 Å². The minimum Gasteiger partial charge on any atom is -0.462 e. The van der Waals surface area contributed by atoms with Crippen LogP contribution in [0.1, 0.15) is 22.8 Å². The molecule has 1 N–H and O–H groups in total. The third kappa shape index (κ3) is 5.79. The summed E-state index contributed by atoms with van der Waals surface area (Å²) in [6, 6.07) is 16.7. The highest BCUT2D eigenvalue weighted by atomic mass is 32.2. The third-order valence-electron chi connectivity index (χ3n) is 3.02. The molecule has 120 valence electrons. The number of rotatable bonds is 7. The fourth-order valence-electron chi connectivity index (χ4n) is 1.93. The van der Waals surface area contributed by atoms with Crippen LogP contribution in [0.15, 0.2) is 54.6 Å². The lowest BCUT2D eigenvalue weighted by Crippen LogP contribution is -2.14. The van der Waals surface area contributed by atoms with Crippen LogP contribution in [-0.2, 0) is 15.3 Å². The highest BCUT2D eigenvalue weighted by molar-refractivity contribution is 7.99.